The van der Waals surface area contributed by atoms with Gasteiger partial charge in [0, 0.05) is 26.2 Å². The fourth-order valence-corrected chi connectivity index (χ4v) is 2.61. The lowest BCUT2D eigenvalue weighted by Gasteiger charge is -2.37. The van der Waals surface area contributed by atoms with Crippen LogP contribution in [0.1, 0.15) is 25.3 Å². The van der Waals surface area contributed by atoms with Gasteiger partial charge in [-0.3, -0.25) is 4.90 Å². The van der Waals surface area contributed by atoms with Gasteiger partial charge in [-0.2, -0.15) is 0 Å². The number of likely N-dealkylation sites (N-methyl/N-ethyl adjacent to an activating group) is 1. The van der Waals surface area contributed by atoms with Crippen molar-refractivity contribution < 1.29 is 4.79 Å². The van der Waals surface area contributed by atoms with E-state index in [0.717, 1.165) is 25.1 Å². The highest BCUT2D eigenvalue weighted by atomic mass is 16.2. The fraction of sp³-hybridized carbons (Fsp3) is 0.533. The molecule has 1 aromatic carbocycles. The van der Waals surface area contributed by atoms with E-state index in [4.69, 9.17) is 0 Å². The van der Waals surface area contributed by atoms with Crippen LogP contribution in [0.4, 0.5) is 10.5 Å². The van der Waals surface area contributed by atoms with E-state index in [0.29, 0.717) is 12.6 Å². The maximum atomic E-state index is 12.4. The lowest BCUT2D eigenvalue weighted by atomic mass is 10.1. The molecule has 0 saturated carbocycles. The van der Waals surface area contributed by atoms with E-state index in [-0.39, 0.29) is 6.03 Å². The van der Waals surface area contributed by atoms with Crippen LogP contribution in [-0.2, 0) is 6.54 Å². The number of benzene rings is 1. The third kappa shape index (κ3) is 2.89. The minimum Gasteiger partial charge on any atom is -0.323 e. The Balaban J connectivity index is 2.24. The topological polar surface area (TPSA) is 35.6 Å². The number of carbonyl (C=O) groups excluding carboxylic acids is 1. The molecule has 1 N–H and O–H groups in total. The van der Waals surface area contributed by atoms with Gasteiger partial charge in [0.25, 0.3) is 0 Å². The van der Waals surface area contributed by atoms with Crippen molar-refractivity contribution in [1.82, 2.24) is 10.2 Å². The van der Waals surface area contributed by atoms with Gasteiger partial charge >= 0.3 is 6.03 Å². The normalized spacial score (nSPS) is 16.5. The first-order valence-corrected chi connectivity index (χ1v) is 6.95. The largest absolute Gasteiger partial charge is 0.324 e. The molecule has 2 rings (SSSR count). The molecule has 104 valence electrons. The number of hydrogen-bond donors (Lipinski definition) is 1. The van der Waals surface area contributed by atoms with Gasteiger partial charge in [0.2, 0.25) is 0 Å². The van der Waals surface area contributed by atoms with Crippen LogP contribution in [-0.4, -0.2) is 37.6 Å². The van der Waals surface area contributed by atoms with Crippen LogP contribution < -0.4 is 10.2 Å². The van der Waals surface area contributed by atoms with Crippen LogP contribution in [0.5, 0.6) is 0 Å². The molecule has 1 aliphatic rings. The number of amides is 2. The summed E-state index contributed by atoms with van der Waals surface area (Å²) in [6.45, 7) is 3.59. The highest BCUT2D eigenvalue weighted by Crippen LogP contribution is 2.27. The highest BCUT2D eigenvalue weighted by molar-refractivity contribution is 5.94. The van der Waals surface area contributed by atoms with Crippen molar-refractivity contribution in [3.8, 4) is 0 Å². The lowest BCUT2D eigenvalue weighted by molar-refractivity contribution is 0.209. The monoisotopic (exact) mass is 261 g/mol. The van der Waals surface area contributed by atoms with E-state index in [9.17, 15) is 4.79 Å². The first-order valence-electron chi connectivity index (χ1n) is 6.95. The summed E-state index contributed by atoms with van der Waals surface area (Å²) < 4.78 is 0. The van der Waals surface area contributed by atoms with Gasteiger partial charge in [-0.15, -0.1) is 0 Å². The van der Waals surface area contributed by atoms with E-state index in [1.54, 1.807) is 4.90 Å². The molecular formula is C15H23N3O. The van der Waals surface area contributed by atoms with Crippen molar-refractivity contribution in [3.63, 3.8) is 0 Å². The molecular weight excluding hydrogens is 238 g/mol. The molecule has 0 bridgehead atoms. The summed E-state index contributed by atoms with van der Waals surface area (Å²) in [6.07, 6.45) is 2.19. The van der Waals surface area contributed by atoms with Gasteiger partial charge in [-0.05, 0) is 25.1 Å². The van der Waals surface area contributed by atoms with Crippen molar-refractivity contribution in [2.75, 3.05) is 25.5 Å². The second-order valence-electron chi connectivity index (χ2n) is 5.15. The van der Waals surface area contributed by atoms with E-state index in [2.05, 4.69) is 18.3 Å². The molecule has 0 aliphatic carbocycles. The van der Waals surface area contributed by atoms with Crippen LogP contribution in [0.3, 0.4) is 0 Å². The number of rotatable bonds is 5. The molecule has 4 nitrogen and oxygen atoms in total. The number of anilines is 1. The van der Waals surface area contributed by atoms with E-state index in [1.165, 1.54) is 5.56 Å². The zero-order valence-electron chi connectivity index (χ0n) is 12.0. The van der Waals surface area contributed by atoms with Crippen molar-refractivity contribution in [3.05, 3.63) is 29.8 Å². The summed E-state index contributed by atoms with van der Waals surface area (Å²) in [7, 11) is 3.82. The summed E-state index contributed by atoms with van der Waals surface area (Å²) in [5.74, 6) is 0. The van der Waals surface area contributed by atoms with Gasteiger partial charge in [-0.25, -0.2) is 4.79 Å². The minimum absolute atomic E-state index is 0.0926. The van der Waals surface area contributed by atoms with Crippen LogP contribution in [0.25, 0.3) is 0 Å². The third-order valence-corrected chi connectivity index (χ3v) is 3.70. The predicted molar refractivity (Wildman–Crippen MR) is 78.4 cm³/mol. The second-order valence-corrected chi connectivity index (χ2v) is 5.15. The highest BCUT2D eigenvalue weighted by Gasteiger charge is 2.28. The first kappa shape index (κ1) is 13.9. The Morgan fingerprint density at radius 3 is 2.79 bits per heavy atom. The Morgan fingerprint density at radius 2 is 2.11 bits per heavy atom. The Bertz CT molecular complexity index is 447. The van der Waals surface area contributed by atoms with Gasteiger partial charge in [0.05, 0.1) is 5.69 Å². The molecule has 1 aliphatic heterocycles. The van der Waals surface area contributed by atoms with Gasteiger partial charge < -0.3 is 10.2 Å². The van der Waals surface area contributed by atoms with Crippen molar-refractivity contribution in [2.45, 2.75) is 32.4 Å². The maximum absolute atomic E-state index is 12.4. The fourth-order valence-electron chi connectivity index (χ4n) is 2.61. The molecule has 19 heavy (non-hydrogen) atoms. The molecule has 1 unspecified atom stereocenters. The molecule has 4 heteroatoms. The van der Waals surface area contributed by atoms with Crippen LogP contribution in [0, 0.1) is 0 Å². The van der Waals surface area contributed by atoms with Crippen LogP contribution >= 0.6 is 0 Å². The van der Waals surface area contributed by atoms with Crippen LogP contribution in [0.15, 0.2) is 24.3 Å². The Labute approximate surface area is 115 Å². The van der Waals surface area contributed by atoms with E-state index in [1.807, 2.05) is 37.2 Å². The Kier molecular flexibility index (Phi) is 4.43. The number of carbonyl (C=O) groups is 1. The lowest BCUT2D eigenvalue weighted by Crippen LogP contribution is -2.50. The smallest absolute Gasteiger partial charge is 0.323 e. The molecule has 0 saturated heterocycles. The summed E-state index contributed by atoms with van der Waals surface area (Å²) in [6, 6.07) is 8.60. The van der Waals surface area contributed by atoms with Gasteiger partial charge in [0.15, 0.2) is 0 Å². The SMILES string of the molecule is CCCC(CN1C(=O)N(C)Cc2ccccc21)NC. The predicted octanol–water partition coefficient (Wildman–Crippen LogP) is 2.45. The Hall–Kier alpha value is -1.55. The maximum Gasteiger partial charge on any atom is 0.324 e. The van der Waals surface area contributed by atoms with Crippen molar-refractivity contribution in [1.29, 1.82) is 0 Å². The zero-order chi connectivity index (χ0) is 13.8. The first-order chi connectivity index (χ1) is 9.17. The summed E-state index contributed by atoms with van der Waals surface area (Å²) in [4.78, 5) is 16.0. The number of para-hydroxylation sites is 1. The second kappa shape index (κ2) is 6.06. The number of nitrogens with zero attached hydrogens (tertiary/aromatic N) is 2. The Morgan fingerprint density at radius 1 is 1.37 bits per heavy atom. The van der Waals surface area contributed by atoms with Crippen molar-refractivity contribution in [2.24, 2.45) is 0 Å². The average molecular weight is 261 g/mol. The summed E-state index contributed by atoms with van der Waals surface area (Å²) in [5, 5.41) is 3.30. The minimum atomic E-state index is 0.0926. The molecule has 1 heterocycles. The summed E-state index contributed by atoms with van der Waals surface area (Å²) in [5.41, 5.74) is 2.28. The number of hydrogen-bond acceptors (Lipinski definition) is 2. The molecule has 2 amide bonds. The molecule has 0 spiro atoms. The molecule has 0 aromatic heterocycles. The quantitative estimate of drug-likeness (QED) is 0.883. The number of fused-ring (bicyclic) bond motifs is 1. The van der Waals surface area contributed by atoms with Crippen LogP contribution in [0.2, 0.25) is 0 Å². The summed E-state index contributed by atoms with van der Waals surface area (Å²) >= 11 is 0. The number of nitrogens with one attached hydrogen (secondary N) is 1. The average Bonchev–Trinajstić information content (AvgIpc) is 2.42. The molecule has 0 radical (unpaired) electrons. The van der Waals surface area contributed by atoms with Crippen molar-refractivity contribution >= 4 is 11.7 Å². The zero-order valence-corrected chi connectivity index (χ0v) is 12.0. The third-order valence-electron chi connectivity index (χ3n) is 3.70. The van der Waals surface area contributed by atoms with E-state index < -0.39 is 0 Å². The standard InChI is InChI=1S/C15H23N3O/c1-4-7-13(16-2)11-18-14-9-6-5-8-12(14)10-17(3)15(18)19/h5-6,8-9,13,16H,4,7,10-11H2,1-3H3. The molecule has 1 aromatic rings. The van der Waals surface area contributed by atoms with E-state index >= 15 is 0 Å². The molecule has 1 atom stereocenters. The van der Waals surface area contributed by atoms with Gasteiger partial charge in [-0.1, -0.05) is 31.5 Å². The number of urea groups is 1. The van der Waals surface area contributed by atoms with Gasteiger partial charge in [0.1, 0.15) is 0 Å². The molecule has 0 fully saturated rings.